The molecule has 1 N–H and O–H groups in total. The molecule has 0 aromatic rings. The number of aliphatic carboxylic acids is 1. The Morgan fingerprint density at radius 1 is 1.50 bits per heavy atom. The SMILES string of the molecule is CC(C)(S)C(=O)N[C@@H](CS)C(=O)[O-].[Na+]. The minimum Gasteiger partial charge on any atom is -0.548 e. The van der Waals surface area contributed by atoms with Crippen LogP contribution in [0, 0.1) is 0 Å². The van der Waals surface area contributed by atoms with Crippen molar-refractivity contribution in [2.75, 3.05) is 5.75 Å². The molecule has 0 aromatic heterocycles. The van der Waals surface area contributed by atoms with Crippen LogP contribution in [0.1, 0.15) is 13.8 Å². The van der Waals surface area contributed by atoms with E-state index in [1.807, 2.05) is 0 Å². The van der Waals surface area contributed by atoms with E-state index in [1.165, 1.54) is 0 Å². The monoisotopic (exact) mass is 245 g/mol. The zero-order valence-corrected chi connectivity index (χ0v) is 12.2. The quantitative estimate of drug-likeness (QED) is 0.348. The zero-order chi connectivity index (χ0) is 10.6. The third-order valence-electron chi connectivity index (χ3n) is 1.33. The summed E-state index contributed by atoms with van der Waals surface area (Å²) in [6.07, 6.45) is 0. The molecule has 0 spiro atoms. The van der Waals surface area contributed by atoms with Crippen LogP contribution in [0.4, 0.5) is 0 Å². The molecule has 0 unspecified atom stereocenters. The van der Waals surface area contributed by atoms with E-state index in [4.69, 9.17) is 0 Å². The number of carboxylic acids is 1. The Bertz CT molecular complexity index is 217. The number of amides is 1. The molecule has 1 atom stereocenters. The second-order valence-electron chi connectivity index (χ2n) is 3.09. The van der Waals surface area contributed by atoms with E-state index in [1.54, 1.807) is 13.8 Å². The van der Waals surface area contributed by atoms with Gasteiger partial charge in [0.25, 0.3) is 0 Å². The topological polar surface area (TPSA) is 69.2 Å². The van der Waals surface area contributed by atoms with Gasteiger partial charge < -0.3 is 15.2 Å². The first-order valence-corrected chi connectivity index (χ1v) is 4.72. The van der Waals surface area contributed by atoms with Gasteiger partial charge in [-0.3, -0.25) is 4.79 Å². The molecule has 0 aliphatic rings. The van der Waals surface area contributed by atoms with Crippen molar-refractivity contribution in [1.29, 1.82) is 0 Å². The first-order chi connectivity index (χ1) is 5.79. The Balaban J connectivity index is 0. The van der Waals surface area contributed by atoms with Crippen LogP contribution in [-0.4, -0.2) is 28.4 Å². The van der Waals surface area contributed by atoms with Crippen LogP contribution in [0.25, 0.3) is 0 Å². The van der Waals surface area contributed by atoms with E-state index >= 15 is 0 Å². The summed E-state index contributed by atoms with van der Waals surface area (Å²) >= 11 is 7.75. The second kappa shape index (κ2) is 7.00. The number of hydrogen-bond donors (Lipinski definition) is 3. The Labute approximate surface area is 116 Å². The van der Waals surface area contributed by atoms with Gasteiger partial charge in [-0.2, -0.15) is 25.3 Å². The third kappa shape index (κ3) is 6.19. The summed E-state index contributed by atoms with van der Waals surface area (Å²) in [6.45, 7) is 3.13. The Hall–Kier alpha value is 0.640. The predicted octanol–water partition coefficient (Wildman–Crippen LogP) is -4.14. The van der Waals surface area contributed by atoms with Gasteiger partial charge >= 0.3 is 29.6 Å². The summed E-state index contributed by atoms with van der Waals surface area (Å²) in [7, 11) is 0. The molecule has 0 aliphatic carbocycles. The normalized spacial score (nSPS) is 12.6. The molecular formula is C7H12NNaO3S2. The van der Waals surface area contributed by atoms with Gasteiger partial charge in [-0.25, -0.2) is 0 Å². The van der Waals surface area contributed by atoms with Crippen LogP contribution in [0.2, 0.25) is 0 Å². The van der Waals surface area contributed by atoms with Crippen molar-refractivity contribution >= 4 is 37.1 Å². The largest absolute Gasteiger partial charge is 1.00 e. The molecular weight excluding hydrogens is 233 g/mol. The van der Waals surface area contributed by atoms with Crippen molar-refractivity contribution in [2.24, 2.45) is 0 Å². The molecule has 1 amide bonds. The average Bonchev–Trinajstić information content (AvgIpc) is 1.96. The van der Waals surface area contributed by atoms with Crippen LogP contribution in [0.3, 0.4) is 0 Å². The van der Waals surface area contributed by atoms with Crippen molar-refractivity contribution in [3.8, 4) is 0 Å². The summed E-state index contributed by atoms with van der Waals surface area (Å²) in [5, 5.41) is 12.6. The van der Waals surface area contributed by atoms with Gasteiger partial charge in [0.2, 0.25) is 5.91 Å². The number of carbonyl (C=O) groups is 2. The Morgan fingerprint density at radius 2 is 1.93 bits per heavy atom. The van der Waals surface area contributed by atoms with E-state index in [9.17, 15) is 14.7 Å². The average molecular weight is 245 g/mol. The van der Waals surface area contributed by atoms with Crippen molar-refractivity contribution in [1.82, 2.24) is 5.32 Å². The minimum absolute atomic E-state index is 0. The summed E-state index contributed by atoms with van der Waals surface area (Å²) in [4.78, 5) is 21.6. The van der Waals surface area contributed by atoms with Crippen molar-refractivity contribution in [2.45, 2.75) is 24.6 Å². The molecule has 0 saturated carbocycles. The molecule has 0 saturated heterocycles. The van der Waals surface area contributed by atoms with Crippen molar-refractivity contribution in [3.05, 3.63) is 0 Å². The fraction of sp³-hybridized carbons (Fsp3) is 0.714. The molecule has 0 aromatic carbocycles. The molecule has 0 heterocycles. The van der Waals surface area contributed by atoms with Crippen molar-refractivity contribution < 1.29 is 44.3 Å². The van der Waals surface area contributed by atoms with Crippen LogP contribution in [-0.2, 0) is 9.59 Å². The molecule has 14 heavy (non-hydrogen) atoms. The molecule has 76 valence electrons. The molecule has 7 heteroatoms. The smallest absolute Gasteiger partial charge is 0.548 e. The number of rotatable bonds is 4. The summed E-state index contributed by atoms with van der Waals surface area (Å²) in [5.41, 5.74) is 0. The van der Waals surface area contributed by atoms with Crippen LogP contribution < -0.4 is 40.0 Å². The summed E-state index contributed by atoms with van der Waals surface area (Å²) < 4.78 is -0.906. The maximum atomic E-state index is 11.2. The van der Waals surface area contributed by atoms with Crippen LogP contribution >= 0.6 is 25.3 Å². The van der Waals surface area contributed by atoms with Gasteiger partial charge in [0, 0.05) is 5.75 Å². The number of nitrogens with one attached hydrogen (secondary N) is 1. The fourth-order valence-corrected chi connectivity index (χ4v) is 0.819. The third-order valence-corrected chi connectivity index (χ3v) is 1.90. The maximum absolute atomic E-state index is 11.2. The molecule has 0 bridgehead atoms. The van der Waals surface area contributed by atoms with E-state index in [2.05, 4.69) is 30.6 Å². The van der Waals surface area contributed by atoms with Crippen molar-refractivity contribution in [3.63, 3.8) is 0 Å². The van der Waals surface area contributed by atoms with Gasteiger partial charge in [0.15, 0.2) is 0 Å². The van der Waals surface area contributed by atoms with Crippen LogP contribution in [0.5, 0.6) is 0 Å². The van der Waals surface area contributed by atoms with Gasteiger partial charge in [-0.1, -0.05) is 0 Å². The molecule has 0 radical (unpaired) electrons. The Kier molecular flexibility index (Phi) is 8.53. The molecule has 0 fully saturated rings. The predicted molar refractivity (Wildman–Crippen MR) is 53.9 cm³/mol. The second-order valence-corrected chi connectivity index (χ2v) is 4.57. The number of carbonyl (C=O) groups excluding carboxylic acids is 2. The van der Waals surface area contributed by atoms with Crippen LogP contribution in [0.15, 0.2) is 0 Å². The summed E-state index contributed by atoms with van der Waals surface area (Å²) in [5.74, 6) is -1.81. The van der Waals surface area contributed by atoms with Gasteiger partial charge in [0.05, 0.1) is 16.8 Å². The van der Waals surface area contributed by atoms with E-state index < -0.39 is 22.7 Å². The van der Waals surface area contributed by atoms with E-state index in [-0.39, 0.29) is 35.3 Å². The fourth-order valence-electron chi connectivity index (χ4n) is 0.514. The Morgan fingerprint density at radius 3 is 2.14 bits per heavy atom. The summed E-state index contributed by atoms with van der Waals surface area (Å²) in [6, 6.07) is -1.07. The number of thiol groups is 2. The first kappa shape index (κ1) is 17.0. The molecule has 0 rings (SSSR count). The number of carboxylic acid groups (broad SMARTS) is 1. The van der Waals surface area contributed by atoms with E-state index in [0.717, 1.165) is 0 Å². The zero-order valence-electron chi connectivity index (χ0n) is 8.40. The number of hydrogen-bond acceptors (Lipinski definition) is 5. The maximum Gasteiger partial charge on any atom is 1.00 e. The molecule has 4 nitrogen and oxygen atoms in total. The van der Waals surface area contributed by atoms with E-state index in [0.29, 0.717) is 0 Å². The minimum atomic E-state index is -1.35. The van der Waals surface area contributed by atoms with Gasteiger partial charge in [0.1, 0.15) is 0 Å². The van der Waals surface area contributed by atoms with Gasteiger partial charge in [-0.15, -0.1) is 0 Å². The first-order valence-electron chi connectivity index (χ1n) is 3.64. The molecule has 0 aliphatic heterocycles. The van der Waals surface area contributed by atoms with Gasteiger partial charge in [-0.05, 0) is 13.8 Å². The standard InChI is InChI=1S/C7H13NO3S2.Na/c1-7(2,13)6(11)8-4(3-12)5(9)10;/h4,12-13H,3H2,1-2H3,(H,8,11)(H,9,10);/q;+1/p-1/t4-;/m0./s1.